The number of rotatable bonds is 5. The molecule has 0 unspecified atom stereocenters. The van der Waals surface area contributed by atoms with E-state index in [9.17, 15) is 31.1 Å². The molecule has 31 heavy (non-hydrogen) atoms. The minimum atomic E-state index is -4.97. The number of carbonyl (C=O) groups is 1. The van der Waals surface area contributed by atoms with Crippen LogP contribution in [0.3, 0.4) is 0 Å². The van der Waals surface area contributed by atoms with E-state index in [2.05, 4.69) is 0 Å². The van der Waals surface area contributed by atoms with Crippen LogP contribution >= 0.6 is 0 Å². The fourth-order valence-corrected chi connectivity index (χ4v) is 3.14. The summed E-state index contributed by atoms with van der Waals surface area (Å²) >= 11 is 0. The molecule has 0 saturated carbocycles. The molecule has 2 atom stereocenters. The van der Waals surface area contributed by atoms with Crippen LogP contribution in [0, 0.1) is 0 Å². The number of hydrogen-bond donors (Lipinski definition) is 0. The third-order valence-electron chi connectivity index (χ3n) is 4.77. The topological polar surface area (TPSA) is 38.8 Å². The maximum Gasteiger partial charge on any atom is 0.416 e. The van der Waals surface area contributed by atoms with Crippen molar-refractivity contribution in [3.63, 3.8) is 0 Å². The molecule has 0 N–H and O–H groups in total. The Bertz CT molecular complexity index is 881. The zero-order chi connectivity index (χ0) is 22.8. The number of alkyl halides is 6. The van der Waals surface area contributed by atoms with Crippen molar-refractivity contribution in [1.82, 2.24) is 4.90 Å². The predicted octanol–water partition coefficient (Wildman–Crippen LogP) is 5.19. The standard InChI is InChI=1S/C21H19F6NO3/c1-13(15-9-16(20(22,23)24)11-17(10-15)21(25,26)27)31-19-18(29)28(7-8-30-19)12-14-5-3-2-4-6-14/h2-6,9-11,13,19H,7-8,12H2,1H3/t13-,19-/m1/s1. The largest absolute Gasteiger partial charge is 0.416 e. The van der Waals surface area contributed by atoms with Gasteiger partial charge in [0.05, 0.1) is 23.8 Å². The predicted molar refractivity (Wildman–Crippen MR) is 97.5 cm³/mol. The first-order chi connectivity index (χ1) is 14.4. The van der Waals surface area contributed by atoms with E-state index >= 15 is 0 Å². The summed E-state index contributed by atoms with van der Waals surface area (Å²) in [6, 6.07) is 10.3. The lowest BCUT2D eigenvalue weighted by Crippen LogP contribution is -2.48. The number of morpholine rings is 1. The first-order valence-electron chi connectivity index (χ1n) is 9.34. The van der Waals surface area contributed by atoms with E-state index in [1.165, 1.54) is 11.8 Å². The second kappa shape index (κ2) is 8.88. The Balaban J connectivity index is 1.78. The summed E-state index contributed by atoms with van der Waals surface area (Å²) in [5.74, 6) is -0.551. The summed E-state index contributed by atoms with van der Waals surface area (Å²) in [6.07, 6.45) is -12.6. The number of halogens is 6. The monoisotopic (exact) mass is 447 g/mol. The van der Waals surface area contributed by atoms with Crippen LogP contribution in [0.4, 0.5) is 26.3 Å². The Kier molecular flexibility index (Phi) is 6.61. The maximum absolute atomic E-state index is 13.1. The number of benzene rings is 2. The fourth-order valence-electron chi connectivity index (χ4n) is 3.14. The van der Waals surface area contributed by atoms with Gasteiger partial charge >= 0.3 is 12.4 Å². The van der Waals surface area contributed by atoms with Crippen molar-refractivity contribution in [2.75, 3.05) is 13.2 Å². The lowest BCUT2D eigenvalue weighted by atomic mass is 10.0. The molecule has 168 valence electrons. The second-order valence-electron chi connectivity index (χ2n) is 7.07. The zero-order valence-corrected chi connectivity index (χ0v) is 16.3. The lowest BCUT2D eigenvalue weighted by Gasteiger charge is -2.33. The van der Waals surface area contributed by atoms with Crippen LogP contribution in [0.2, 0.25) is 0 Å². The van der Waals surface area contributed by atoms with Gasteiger partial charge in [0.1, 0.15) is 0 Å². The van der Waals surface area contributed by atoms with E-state index in [0.29, 0.717) is 12.1 Å². The highest BCUT2D eigenvalue weighted by molar-refractivity contribution is 5.80. The van der Waals surface area contributed by atoms with Crippen LogP contribution in [0.25, 0.3) is 0 Å². The number of ether oxygens (including phenoxy) is 2. The van der Waals surface area contributed by atoms with Crippen molar-refractivity contribution in [3.8, 4) is 0 Å². The lowest BCUT2D eigenvalue weighted by molar-refractivity contribution is -0.209. The second-order valence-corrected chi connectivity index (χ2v) is 7.07. The summed E-state index contributed by atoms with van der Waals surface area (Å²) in [5, 5.41) is 0. The Morgan fingerprint density at radius 2 is 1.61 bits per heavy atom. The Hall–Kier alpha value is -2.59. The van der Waals surface area contributed by atoms with Crippen LogP contribution in [-0.2, 0) is 33.2 Å². The molecule has 1 aliphatic rings. The highest BCUT2D eigenvalue weighted by atomic mass is 19.4. The molecule has 1 fully saturated rings. The molecule has 1 heterocycles. The molecule has 0 bridgehead atoms. The molecule has 0 radical (unpaired) electrons. The van der Waals surface area contributed by atoms with Crippen LogP contribution in [0.1, 0.15) is 35.3 Å². The van der Waals surface area contributed by atoms with E-state index in [0.717, 1.165) is 5.56 Å². The van der Waals surface area contributed by atoms with E-state index in [1.807, 2.05) is 30.3 Å². The van der Waals surface area contributed by atoms with Gasteiger partial charge in [-0.3, -0.25) is 4.79 Å². The van der Waals surface area contributed by atoms with Gasteiger partial charge in [0.25, 0.3) is 5.91 Å². The van der Waals surface area contributed by atoms with E-state index < -0.39 is 41.8 Å². The number of nitrogens with zero attached hydrogens (tertiary/aromatic N) is 1. The van der Waals surface area contributed by atoms with Gasteiger partial charge in [-0.15, -0.1) is 0 Å². The van der Waals surface area contributed by atoms with Crippen LogP contribution in [0.15, 0.2) is 48.5 Å². The number of hydrogen-bond acceptors (Lipinski definition) is 3. The van der Waals surface area contributed by atoms with E-state index in [-0.39, 0.29) is 31.3 Å². The summed E-state index contributed by atoms with van der Waals surface area (Å²) in [6.45, 7) is 1.94. The minimum Gasteiger partial charge on any atom is -0.343 e. The summed E-state index contributed by atoms with van der Waals surface area (Å²) < 4.78 is 89.2. The first-order valence-corrected chi connectivity index (χ1v) is 9.34. The minimum absolute atomic E-state index is 0.0417. The van der Waals surface area contributed by atoms with Gasteiger partial charge in [0.2, 0.25) is 6.29 Å². The van der Waals surface area contributed by atoms with Gasteiger partial charge < -0.3 is 14.4 Å². The maximum atomic E-state index is 13.1. The third kappa shape index (κ3) is 5.76. The Labute approximate surface area is 174 Å². The van der Waals surface area contributed by atoms with E-state index in [4.69, 9.17) is 9.47 Å². The van der Waals surface area contributed by atoms with Crippen LogP contribution in [0.5, 0.6) is 0 Å². The average Bonchev–Trinajstić information content (AvgIpc) is 2.70. The van der Waals surface area contributed by atoms with Crippen molar-refractivity contribution >= 4 is 5.91 Å². The first kappa shape index (κ1) is 23.1. The zero-order valence-electron chi connectivity index (χ0n) is 16.3. The molecule has 1 aliphatic heterocycles. The summed E-state index contributed by atoms with van der Waals surface area (Å²) in [5.41, 5.74) is -2.40. The smallest absolute Gasteiger partial charge is 0.343 e. The summed E-state index contributed by atoms with van der Waals surface area (Å²) in [7, 11) is 0. The number of carbonyl (C=O) groups excluding carboxylic acids is 1. The third-order valence-corrected chi connectivity index (χ3v) is 4.77. The van der Waals surface area contributed by atoms with Crippen molar-refractivity contribution in [3.05, 3.63) is 70.8 Å². The molecular formula is C21H19F6NO3. The number of amides is 1. The molecule has 3 rings (SSSR count). The molecule has 2 aromatic rings. The molecule has 1 saturated heterocycles. The van der Waals surface area contributed by atoms with E-state index in [1.54, 1.807) is 0 Å². The van der Waals surface area contributed by atoms with Crippen LogP contribution < -0.4 is 0 Å². The van der Waals surface area contributed by atoms with Gasteiger partial charge in [0, 0.05) is 13.1 Å². The Morgan fingerprint density at radius 1 is 1.03 bits per heavy atom. The normalized spacial score (nSPS) is 18.9. The molecule has 1 amide bonds. The molecule has 0 spiro atoms. The van der Waals surface area contributed by atoms with Crippen LogP contribution in [-0.4, -0.2) is 30.2 Å². The molecule has 4 nitrogen and oxygen atoms in total. The van der Waals surface area contributed by atoms with Crippen molar-refractivity contribution in [1.29, 1.82) is 0 Å². The van der Waals surface area contributed by atoms with Crippen molar-refractivity contribution in [2.45, 2.75) is 38.2 Å². The average molecular weight is 447 g/mol. The van der Waals surface area contributed by atoms with Gasteiger partial charge in [-0.25, -0.2) is 0 Å². The SMILES string of the molecule is C[C@@H](O[C@H]1OCCN(Cc2ccccc2)C1=O)c1cc(C(F)(F)F)cc(C(F)(F)F)c1. The highest BCUT2D eigenvalue weighted by Gasteiger charge is 2.38. The van der Waals surface area contributed by atoms with Crippen molar-refractivity contribution < 1.29 is 40.6 Å². The Morgan fingerprint density at radius 3 is 2.16 bits per heavy atom. The molecular weight excluding hydrogens is 428 g/mol. The molecule has 0 aliphatic carbocycles. The van der Waals surface area contributed by atoms with Gasteiger partial charge in [-0.2, -0.15) is 26.3 Å². The van der Waals surface area contributed by atoms with Crippen molar-refractivity contribution in [2.24, 2.45) is 0 Å². The highest BCUT2D eigenvalue weighted by Crippen LogP contribution is 2.38. The van der Waals surface area contributed by atoms with Gasteiger partial charge in [-0.05, 0) is 36.2 Å². The molecule has 10 heteroatoms. The van der Waals surface area contributed by atoms with Gasteiger partial charge in [0.15, 0.2) is 0 Å². The quantitative estimate of drug-likeness (QED) is 0.593. The van der Waals surface area contributed by atoms with Gasteiger partial charge in [-0.1, -0.05) is 30.3 Å². The summed E-state index contributed by atoms with van der Waals surface area (Å²) in [4.78, 5) is 14.1. The fraction of sp³-hybridized carbons (Fsp3) is 0.381. The molecule has 2 aromatic carbocycles. The molecule has 0 aromatic heterocycles.